The fourth-order valence-electron chi connectivity index (χ4n) is 0.683. The second-order valence-electron chi connectivity index (χ2n) is 2.23. The lowest BCUT2D eigenvalue weighted by Gasteiger charge is -2.01. The third kappa shape index (κ3) is 5.51. The number of hydrogen-bond acceptors (Lipinski definition) is 2. The molecule has 0 fully saturated rings. The van der Waals surface area contributed by atoms with E-state index in [1.54, 1.807) is 0 Å². The van der Waals surface area contributed by atoms with E-state index in [2.05, 4.69) is 6.92 Å². The number of aldehydes is 1. The van der Waals surface area contributed by atoms with Crippen molar-refractivity contribution in [3.63, 3.8) is 0 Å². The molecule has 1 N–H and O–H groups in total. The highest BCUT2D eigenvalue weighted by molar-refractivity contribution is 5.64. The second-order valence-corrected chi connectivity index (χ2v) is 2.23. The van der Waals surface area contributed by atoms with E-state index in [-0.39, 0.29) is 0 Å². The van der Waals surface area contributed by atoms with Crippen LogP contribution in [0.5, 0.6) is 0 Å². The third-order valence-corrected chi connectivity index (χ3v) is 1.27. The Morgan fingerprint density at radius 2 is 2.30 bits per heavy atom. The molecular formula is C8H14O2. The minimum absolute atomic E-state index is 0.440. The first-order chi connectivity index (χ1) is 4.81. The average Bonchev–Trinajstić information content (AvgIpc) is 1.97. The summed E-state index contributed by atoms with van der Waals surface area (Å²) in [6.45, 7) is 2.07. The molecule has 1 unspecified atom stereocenters. The van der Waals surface area contributed by atoms with Gasteiger partial charge in [0.05, 0.1) is 6.10 Å². The van der Waals surface area contributed by atoms with E-state index in [0.29, 0.717) is 6.29 Å². The molecule has 0 aliphatic carbocycles. The van der Waals surface area contributed by atoms with E-state index < -0.39 is 6.10 Å². The van der Waals surface area contributed by atoms with Gasteiger partial charge in [-0.2, -0.15) is 0 Å². The Hall–Kier alpha value is -0.630. The van der Waals surface area contributed by atoms with Crippen LogP contribution in [-0.2, 0) is 4.79 Å². The van der Waals surface area contributed by atoms with Crippen molar-refractivity contribution in [2.24, 2.45) is 0 Å². The number of rotatable bonds is 5. The third-order valence-electron chi connectivity index (χ3n) is 1.27. The fourth-order valence-corrected chi connectivity index (χ4v) is 0.683. The summed E-state index contributed by atoms with van der Waals surface area (Å²) < 4.78 is 0. The predicted molar refractivity (Wildman–Crippen MR) is 40.7 cm³/mol. The molecule has 0 spiro atoms. The Morgan fingerprint density at radius 3 is 2.80 bits per heavy atom. The van der Waals surface area contributed by atoms with Gasteiger partial charge in [0.1, 0.15) is 6.29 Å². The van der Waals surface area contributed by atoms with Crippen LogP contribution in [0.1, 0.15) is 26.2 Å². The van der Waals surface area contributed by atoms with Crippen LogP contribution in [-0.4, -0.2) is 17.5 Å². The predicted octanol–water partition coefficient (Wildman–Crippen LogP) is 1.29. The van der Waals surface area contributed by atoms with Crippen LogP contribution in [0.2, 0.25) is 0 Å². The molecule has 0 radical (unpaired) electrons. The molecule has 0 amide bonds. The molecule has 0 aliphatic heterocycles. The van der Waals surface area contributed by atoms with Gasteiger partial charge in [0.2, 0.25) is 0 Å². The lowest BCUT2D eigenvalue weighted by Crippen LogP contribution is -2.00. The van der Waals surface area contributed by atoms with E-state index in [0.717, 1.165) is 19.3 Å². The number of aliphatic hydroxyl groups is 1. The number of allylic oxidation sites excluding steroid dienone is 1. The molecule has 58 valence electrons. The molecule has 0 bridgehead atoms. The number of carbonyl (C=O) groups is 1. The zero-order valence-electron chi connectivity index (χ0n) is 6.29. The molecule has 10 heavy (non-hydrogen) atoms. The molecule has 0 aliphatic rings. The van der Waals surface area contributed by atoms with E-state index >= 15 is 0 Å². The van der Waals surface area contributed by atoms with Gasteiger partial charge < -0.3 is 5.11 Å². The van der Waals surface area contributed by atoms with Crippen LogP contribution in [0.3, 0.4) is 0 Å². The second kappa shape index (κ2) is 6.49. The number of unbranched alkanes of at least 4 members (excludes halogenated alkanes) is 1. The monoisotopic (exact) mass is 142 g/mol. The van der Waals surface area contributed by atoms with E-state index in [4.69, 9.17) is 5.11 Å². The van der Waals surface area contributed by atoms with Crippen molar-refractivity contribution in [2.75, 3.05) is 0 Å². The number of hydrogen-bond donors (Lipinski definition) is 1. The molecule has 0 aromatic rings. The molecule has 2 heteroatoms. The highest BCUT2D eigenvalue weighted by Gasteiger charge is 1.95. The van der Waals surface area contributed by atoms with Crippen molar-refractivity contribution in [3.8, 4) is 0 Å². The van der Waals surface area contributed by atoms with Crippen molar-refractivity contribution < 1.29 is 9.90 Å². The van der Waals surface area contributed by atoms with Gasteiger partial charge in [-0.1, -0.05) is 25.8 Å². The summed E-state index contributed by atoms with van der Waals surface area (Å²) in [5.41, 5.74) is 0. The summed E-state index contributed by atoms with van der Waals surface area (Å²) in [6, 6.07) is 0. The summed E-state index contributed by atoms with van der Waals surface area (Å²) >= 11 is 0. The Balaban J connectivity index is 3.32. The van der Waals surface area contributed by atoms with Crippen LogP contribution >= 0.6 is 0 Å². The topological polar surface area (TPSA) is 37.3 Å². The van der Waals surface area contributed by atoms with Gasteiger partial charge in [-0.3, -0.25) is 4.79 Å². The minimum Gasteiger partial charge on any atom is -0.389 e. The molecule has 0 saturated heterocycles. The van der Waals surface area contributed by atoms with Gasteiger partial charge in [0.25, 0.3) is 0 Å². The molecule has 2 nitrogen and oxygen atoms in total. The Labute approximate surface area is 61.6 Å². The summed E-state index contributed by atoms with van der Waals surface area (Å²) in [4.78, 5) is 9.79. The van der Waals surface area contributed by atoms with Gasteiger partial charge in [-0.25, -0.2) is 0 Å². The van der Waals surface area contributed by atoms with Crippen molar-refractivity contribution in [3.05, 3.63) is 12.2 Å². The molecule has 0 aromatic heterocycles. The summed E-state index contributed by atoms with van der Waals surface area (Å²) in [5.74, 6) is 0. The first kappa shape index (κ1) is 9.37. The Bertz CT molecular complexity index is 108. The van der Waals surface area contributed by atoms with Crippen LogP contribution in [0.4, 0.5) is 0 Å². The van der Waals surface area contributed by atoms with Gasteiger partial charge >= 0.3 is 0 Å². The number of aliphatic hydroxyl groups excluding tert-OH is 1. The van der Waals surface area contributed by atoms with Gasteiger partial charge in [-0.15, -0.1) is 0 Å². The molecular weight excluding hydrogens is 128 g/mol. The van der Waals surface area contributed by atoms with Gasteiger partial charge in [0, 0.05) is 0 Å². The highest BCUT2D eigenvalue weighted by Crippen LogP contribution is 2.00. The Kier molecular flexibility index (Phi) is 6.08. The van der Waals surface area contributed by atoms with E-state index in [1.165, 1.54) is 12.2 Å². The maximum absolute atomic E-state index is 9.79. The quantitative estimate of drug-likeness (QED) is 0.464. The van der Waals surface area contributed by atoms with E-state index in [9.17, 15) is 4.79 Å². The lowest BCUT2D eigenvalue weighted by atomic mass is 10.1. The average molecular weight is 142 g/mol. The van der Waals surface area contributed by atoms with Gasteiger partial charge in [-0.05, 0) is 12.5 Å². The normalized spacial score (nSPS) is 13.8. The van der Waals surface area contributed by atoms with Crippen LogP contribution in [0.15, 0.2) is 12.2 Å². The maximum Gasteiger partial charge on any atom is 0.142 e. The van der Waals surface area contributed by atoms with Crippen molar-refractivity contribution in [2.45, 2.75) is 32.3 Å². The number of carbonyl (C=O) groups excluding carboxylic acids is 1. The van der Waals surface area contributed by atoms with Crippen molar-refractivity contribution >= 4 is 6.29 Å². The lowest BCUT2D eigenvalue weighted by molar-refractivity contribution is -0.104. The van der Waals surface area contributed by atoms with Crippen LogP contribution < -0.4 is 0 Å². The molecule has 0 rings (SSSR count). The SMILES string of the molecule is CCCCC(O)C=CC=O. The summed E-state index contributed by atoms with van der Waals surface area (Å²) in [6.07, 6.45) is 5.92. The molecule has 0 aromatic carbocycles. The molecule has 1 atom stereocenters. The highest BCUT2D eigenvalue weighted by atomic mass is 16.3. The zero-order chi connectivity index (χ0) is 7.82. The minimum atomic E-state index is -0.440. The molecule has 0 saturated carbocycles. The fraction of sp³-hybridized carbons (Fsp3) is 0.625. The van der Waals surface area contributed by atoms with Gasteiger partial charge in [0.15, 0.2) is 0 Å². The van der Waals surface area contributed by atoms with Crippen LogP contribution in [0.25, 0.3) is 0 Å². The maximum atomic E-state index is 9.79. The first-order valence-corrected chi connectivity index (χ1v) is 3.61. The van der Waals surface area contributed by atoms with Crippen LogP contribution in [0, 0.1) is 0 Å². The molecule has 0 heterocycles. The van der Waals surface area contributed by atoms with E-state index in [1.807, 2.05) is 0 Å². The Morgan fingerprint density at radius 1 is 1.60 bits per heavy atom. The van der Waals surface area contributed by atoms with Crippen molar-refractivity contribution in [1.29, 1.82) is 0 Å². The largest absolute Gasteiger partial charge is 0.389 e. The zero-order valence-corrected chi connectivity index (χ0v) is 6.29. The first-order valence-electron chi connectivity index (χ1n) is 3.61. The summed E-state index contributed by atoms with van der Waals surface area (Å²) in [7, 11) is 0. The smallest absolute Gasteiger partial charge is 0.142 e. The van der Waals surface area contributed by atoms with Crippen molar-refractivity contribution in [1.82, 2.24) is 0 Å². The standard InChI is InChI=1S/C8H14O2/c1-2-3-5-8(10)6-4-7-9/h4,6-8,10H,2-3,5H2,1H3. The summed E-state index contributed by atoms with van der Waals surface area (Å²) in [5, 5.41) is 9.07.